The fraction of sp³-hybridized carbons (Fsp3) is 0.211. The lowest BCUT2D eigenvalue weighted by Crippen LogP contribution is -2.52. The average molecular weight is 386 g/mol. The first-order valence-electron chi connectivity index (χ1n) is 8.57. The Balaban J connectivity index is 1.49. The number of H-pyrrole nitrogens is 1. The predicted octanol–water partition coefficient (Wildman–Crippen LogP) is 1.63. The molecule has 0 radical (unpaired) electrons. The van der Waals surface area contributed by atoms with Gasteiger partial charge in [0.15, 0.2) is 0 Å². The summed E-state index contributed by atoms with van der Waals surface area (Å²) in [6.45, 7) is -0.0647. The van der Waals surface area contributed by atoms with E-state index in [1.807, 2.05) is 0 Å². The second-order valence-electron chi connectivity index (χ2n) is 6.67. The van der Waals surface area contributed by atoms with Gasteiger partial charge in [-0.1, -0.05) is 0 Å². The maximum Gasteiger partial charge on any atom is 0.268 e. The Bertz CT molecular complexity index is 1060. The van der Waals surface area contributed by atoms with Gasteiger partial charge in [0, 0.05) is 36.7 Å². The van der Waals surface area contributed by atoms with Crippen molar-refractivity contribution in [3.8, 4) is 0 Å². The molecule has 3 N–H and O–H groups in total. The first-order chi connectivity index (χ1) is 13.4. The highest BCUT2D eigenvalue weighted by Gasteiger charge is 2.51. The zero-order valence-corrected chi connectivity index (χ0v) is 14.6. The van der Waals surface area contributed by atoms with E-state index >= 15 is 0 Å². The van der Waals surface area contributed by atoms with E-state index in [0.717, 1.165) is 23.0 Å². The summed E-state index contributed by atoms with van der Waals surface area (Å²) in [6, 6.07) is 8.02. The number of fused-ring (bicyclic) bond motifs is 1. The summed E-state index contributed by atoms with van der Waals surface area (Å²) in [5, 5.41) is 20.5. The first kappa shape index (κ1) is 18.1. The number of carbonyl (C=O) groups is 2. The van der Waals surface area contributed by atoms with Crippen molar-refractivity contribution in [3.05, 3.63) is 59.8 Å². The van der Waals surface area contributed by atoms with Crippen LogP contribution in [0.2, 0.25) is 0 Å². The quantitative estimate of drug-likeness (QED) is 0.594. The fourth-order valence-electron chi connectivity index (χ4n) is 3.30. The van der Waals surface area contributed by atoms with Crippen molar-refractivity contribution in [2.24, 2.45) is 0 Å². The summed E-state index contributed by atoms with van der Waals surface area (Å²) in [5.41, 5.74) is -0.722. The largest absolute Gasteiger partial charge is 0.372 e. The number of amides is 2. The minimum Gasteiger partial charge on any atom is -0.372 e. The summed E-state index contributed by atoms with van der Waals surface area (Å²) in [6.07, 6.45) is 1.51. The predicted molar refractivity (Wildman–Crippen MR) is 96.2 cm³/mol. The molecule has 0 saturated carbocycles. The maximum atomic E-state index is 13.2. The molecule has 4 rings (SSSR count). The lowest BCUT2D eigenvalue weighted by Gasteiger charge is -2.22. The normalized spacial score (nSPS) is 19.4. The number of aromatic amines is 1. The van der Waals surface area contributed by atoms with Crippen molar-refractivity contribution < 1.29 is 23.5 Å². The van der Waals surface area contributed by atoms with Gasteiger partial charge in [-0.05, 0) is 35.9 Å². The standard InChI is InChI=1S/C19H16F2N4O3/c20-13-5-11(6-14(21)8-13)9-22-17(26)19(28)3-4-25(18(19)27)15-1-2-16-12(7-15)10-23-24-16/h1-2,5-8,10,28H,3-4,9H2,(H,22,26)(H,23,24)/t19-/m1/s1. The molecule has 0 unspecified atom stereocenters. The number of aliphatic hydroxyl groups is 1. The van der Waals surface area contributed by atoms with Gasteiger partial charge in [0.1, 0.15) is 11.6 Å². The van der Waals surface area contributed by atoms with Crippen LogP contribution in [0.3, 0.4) is 0 Å². The third-order valence-corrected chi connectivity index (χ3v) is 4.78. The lowest BCUT2D eigenvalue weighted by molar-refractivity contribution is -0.149. The van der Waals surface area contributed by atoms with Crippen molar-refractivity contribution in [1.29, 1.82) is 0 Å². The SMILES string of the molecule is O=C(NCc1cc(F)cc(F)c1)[C@]1(O)CCN(c2ccc3[nH]ncc3c2)C1=O. The molecule has 1 atom stereocenters. The zero-order chi connectivity index (χ0) is 19.9. The van der Waals surface area contributed by atoms with Crippen LogP contribution in [0.25, 0.3) is 10.9 Å². The summed E-state index contributed by atoms with van der Waals surface area (Å²) in [5.74, 6) is -3.21. The number of hydrogen-bond acceptors (Lipinski definition) is 4. The second kappa shape index (κ2) is 6.68. The number of aromatic nitrogens is 2. The average Bonchev–Trinajstić information content (AvgIpc) is 3.24. The van der Waals surface area contributed by atoms with Gasteiger partial charge in [0.05, 0.1) is 11.7 Å². The van der Waals surface area contributed by atoms with Crippen molar-refractivity contribution >= 4 is 28.4 Å². The van der Waals surface area contributed by atoms with Crippen LogP contribution in [0, 0.1) is 11.6 Å². The van der Waals surface area contributed by atoms with Crippen LogP contribution >= 0.6 is 0 Å². The molecule has 1 aliphatic rings. The van der Waals surface area contributed by atoms with Crippen LogP contribution in [0.1, 0.15) is 12.0 Å². The van der Waals surface area contributed by atoms with Crippen LogP contribution in [0.15, 0.2) is 42.6 Å². The monoisotopic (exact) mass is 386 g/mol. The van der Waals surface area contributed by atoms with Gasteiger partial charge >= 0.3 is 0 Å². The van der Waals surface area contributed by atoms with E-state index in [0.29, 0.717) is 11.8 Å². The summed E-state index contributed by atoms with van der Waals surface area (Å²) in [7, 11) is 0. The van der Waals surface area contributed by atoms with Crippen LogP contribution in [0.5, 0.6) is 0 Å². The van der Waals surface area contributed by atoms with E-state index in [-0.39, 0.29) is 25.1 Å². The molecule has 1 aromatic heterocycles. The summed E-state index contributed by atoms with van der Waals surface area (Å²) < 4.78 is 26.5. The third kappa shape index (κ3) is 3.09. The fourth-order valence-corrected chi connectivity index (χ4v) is 3.30. The van der Waals surface area contributed by atoms with E-state index in [4.69, 9.17) is 0 Å². The Kier molecular flexibility index (Phi) is 4.31. The topological polar surface area (TPSA) is 98.3 Å². The highest BCUT2D eigenvalue weighted by molar-refractivity contribution is 6.16. The maximum absolute atomic E-state index is 13.2. The summed E-state index contributed by atoms with van der Waals surface area (Å²) >= 11 is 0. The van der Waals surface area contributed by atoms with Gasteiger partial charge in [-0.3, -0.25) is 14.7 Å². The van der Waals surface area contributed by atoms with Gasteiger partial charge in [-0.2, -0.15) is 5.10 Å². The number of rotatable bonds is 4. The van der Waals surface area contributed by atoms with Gasteiger partial charge in [0.25, 0.3) is 11.8 Å². The third-order valence-electron chi connectivity index (χ3n) is 4.78. The van der Waals surface area contributed by atoms with Crippen molar-refractivity contribution in [3.63, 3.8) is 0 Å². The highest BCUT2D eigenvalue weighted by Crippen LogP contribution is 2.30. The van der Waals surface area contributed by atoms with Crippen molar-refractivity contribution in [1.82, 2.24) is 15.5 Å². The summed E-state index contributed by atoms with van der Waals surface area (Å²) in [4.78, 5) is 26.5. The molecular formula is C19H16F2N4O3. The number of nitrogens with one attached hydrogen (secondary N) is 2. The van der Waals surface area contributed by atoms with Crippen LogP contribution in [0.4, 0.5) is 14.5 Å². The molecule has 2 aromatic carbocycles. The Morgan fingerprint density at radius 3 is 2.75 bits per heavy atom. The van der Waals surface area contributed by atoms with Crippen molar-refractivity contribution in [2.45, 2.75) is 18.6 Å². The molecule has 1 aliphatic heterocycles. The minimum absolute atomic E-state index is 0.0986. The molecule has 1 saturated heterocycles. The van der Waals surface area contributed by atoms with E-state index in [1.54, 1.807) is 24.4 Å². The van der Waals surface area contributed by atoms with E-state index in [1.165, 1.54) is 4.90 Å². The molecular weight excluding hydrogens is 370 g/mol. The molecule has 9 heteroatoms. The van der Waals surface area contributed by atoms with E-state index in [9.17, 15) is 23.5 Å². The molecule has 144 valence electrons. The van der Waals surface area contributed by atoms with E-state index < -0.39 is 29.0 Å². The molecule has 3 aromatic rings. The van der Waals surface area contributed by atoms with Crippen LogP contribution in [-0.2, 0) is 16.1 Å². The Labute approximate surface area is 158 Å². The van der Waals surface area contributed by atoms with Crippen LogP contribution in [-0.4, -0.2) is 39.3 Å². The number of hydrogen-bond donors (Lipinski definition) is 3. The smallest absolute Gasteiger partial charge is 0.268 e. The number of halogens is 2. The minimum atomic E-state index is -2.24. The lowest BCUT2D eigenvalue weighted by atomic mass is 10.0. The van der Waals surface area contributed by atoms with Gasteiger partial charge < -0.3 is 15.3 Å². The Hall–Kier alpha value is -3.33. The molecule has 0 bridgehead atoms. The van der Waals surface area contributed by atoms with Gasteiger partial charge in [0.2, 0.25) is 5.60 Å². The molecule has 1 fully saturated rings. The molecule has 2 heterocycles. The molecule has 28 heavy (non-hydrogen) atoms. The van der Waals surface area contributed by atoms with Gasteiger partial charge in [-0.15, -0.1) is 0 Å². The first-order valence-corrected chi connectivity index (χ1v) is 8.57. The Morgan fingerprint density at radius 1 is 1.25 bits per heavy atom. The van der Waals surface area contributed by atoms with Gasteiger partial charge in [-0.25, -0.2) is 8.78 Å². The van der Waals surface area contributed by atoms with Crippen LogP contribution < -0.4 is 10.2 Å². The molecule has 0 aliphatic carbocycles. The second-order valence-corrected chi connectivity index (χ2v) is 6.67. The molecule has 2 amide bonds. The van der Waals surface area contributed by atoms with Crippen molar-refractivity contribution in [2.75, 3.05) is 11.4 Å². The zero-order valence-electron chi connectivity index (χ0n) is 14.6. The molecule has 7 nitrogen and oxygen atoms in total. The number of benzene rings is 2. The number of anilines is 1. The number of carbonyl (C=O) groups excluding carboxylic acids is 2. The highest BCUT2D eigenvalue weighted by atomic mass is 19.1. The Morgan fingerprint density at radius 2 is 2.00 bits per heavy atom. The number of nitrogens with zero attached hydrogens (tertiary/aromatic N) is 2. The van der Waals surface area contributed by atoms with E-state index in [2.05, 4.69) is 15.5 Å². The molecule has 0 spiro atoms.